The highest BCUT2D eigenvalue weighted by Crippen LogP contribution is 2.31. The molecule has 3 nitrogen and oxygen atoms in total. The lowest BCUT2D eigenvalue weighted by atomic mass is 10.1. The van der Waals surface area contributed by atoms with E-state index in [0.29, 0.717) is 0 Å². The Morgan fingerprint density at radius 1 is 0.833 bits per heavy atom. The van der Waals surface area contributed by atoms with Crippen LogP contribution in [-0.4, -0.2) is 28.4 Å². The molecule has 1 aromatic heterocycles. The van der Waals surface area contributed by atoms with Gasteiger partial charge in [0.05, 0.1) is 17.9 Å². The molecule has 3 aromatic rings. The second-order valence-corrected chi connectivity index (χ2v) is 6.79. The molecule has 0 aliphatic carbocycles. The number of para-hydroxylation sites is 2. The van der Waals surface area contributed by atoms with Crippen LogP contribution in [0.3, 0.4) is 0 Å². The Bertz CT molecular complexity index is 929. The first-order valence-electron chi connectivity index (χ1n) is 8.90. The van der Waals surface area contributed by atoms with Crippen molar-refractivity contribution in [3.8, 4) is 0 Å². The number of aliphatic imine (C=N–C) groups is 1. The van der Waals surface area contributed by atoms with E-state index in [4.69, 9.17) is 4.99 Å². The molecule has 0 bridgehead atoms. The Labute approximate surface area is 142 Å². The number of piperidine rings is 1. The molecule has 0 unspecified atom stereocenters. The van der Waals surface area contributed by atoms with E-state index in [0.717, 1.165) is 31.2 Å². The number of amidine groups is 1. The van der Waals surface area contributed by atoms with Gasteiger partial charge in [0, 0.05) is 24.0 Å². The predicted octanol–water partition coefficient (Wildman–Crippen LogP) is 4.57. The largest absolute Gasteiger partial charge is 0.355 e. The number of aromatic nitrogens is 1. The molecule has 24 heavy (non-hydrogen) atoms. The van der Waals surface area contributed by atoms with Gasteiger partial charge in [-0.15, -0.1) is 0 Å². The summed E-state index contributed by atoms with van der Waals surface area (Å²) in [6.07, 6.45) is 3.87. The summed E-state index contributed by atoms with van der Waals surface area (Å²) in [7, 11) is 0. The monoisotopic (exact) mass is 315 g/mol. The lowest BCUT2D eigenvalue weighted by Crippen LogP contribution is -2.37. The van der Waals surface area contributed by atoms with Crippen molar-refractivity contribution in [1.29, 1.82) is 0 Å². The smallest absolute Gasteiger partial charge is 0.153 e. The van der Waals surface area contributed by atoms with Gasteiger partial charge in [-0.3, -0.25) is 0 Å². The quantitative estimate of drug-likeness (QED) is 0.595. The molecule has 5 rings (SSSR count). The van der Waals surface area contributed by atoms with Crippen molar-refractivity contribution in [2.45, 2.75) is 25.8 Å². The van der Waals surface area contributed by atoms with E-state index in [2.05, 4.69) is 64.1 Å². The van der Waals surface area contributed by atoms with Crippen molar-refractivity contribution in [1.82, 2.24) is 9.47 Å². The average molecular weight is 315 g/mol. The molecule has 120 valence electrons. The highest BCUT2D eigenvalue weighted by molar-refractivity contribution is 6.04. The van der Waals surface area contributed by atoms with Crippen molar-refractivity contribution >= 4 is 22.4 Å². The van der Waals surface area contributed by atoms with Crippen molar-refractivity contribution in [2.24, 2.45) is 4.99 Å². The Balaban J connectivity index is 1.76. The van der Waals surface area contributed by atoms with Crippen LogP contribution in [0.2, 0.25) is 0 Å². The van der Waals surface area contributed by atoms with Gasteiger partial charge in [0.25, 0.3) is 0 Å². The van der Waals surface area contributed by atoms with Crippen LogP contribution in [0.4, 0.5) is 5.69 Å². The minimum absolute atomic E-state index is 0.889. The van der Waals surface area contributed by atoms with Crippen molar-refractivity contribution in [2.75, 3.05) is 13.1 Å². The summed E-state index contributed by atoms with van der Waals surface area (Å²) in [6, 6.07) is 19.6. The SMILES string of the molecule is c1ccc2c(c1)Cn1c(cc3ccccc31)C(N1CCCCC1)=N2. The zero-order valence-corrected chi connectivity index (χ0v) is 13.8. The van der Waals surface area contributed by atoms with Gasteiger partial charge in [-0.05, 0) is 43.0 Å². The summed E-state index contributed by atoms with van der Waals surface area (Å²) in [6.45, 7) is 3.12. The first kappa shape index (κ1) is 13.8. The van der Waals surface area contributed by atoms with E-state index in [1.54, 1.807) is 0 Å². The van der Waals surface area contributed by atoms with Gasteiger partial charge in [0.1, 0.15) is 0 Å². The maximum Gasteiger partial charge on any atom is 0.153 e. The summed E-state index contributed by atoms with van der Waals surface area (Å²) in [5.41, 5.74) is 4.97. The van der Waals surface area contributed by atoms with Gasteiger partial charge < -0.3 is 9.47 Å². The number of hydrogen-bond acceptors (Lipinski definition) is 2. The lowest BCUT2D eigenvalue weighted by molar-refractivity contribution is 0.342. The first-order valence-corrected chi connectivity index (χ1v) is 8.90. The Morgan fingerprint density at radius 3 is 2.54 bits per heavy atom. The molecule has 0 radical (unpaired) electrons. The third-order valence-electron chi connectivity index (χ3n) is 5.24. The number of benzene rings is 2. The minimum atomic E-state index is 0.889. The highest BCUT2D eigenvalue weighted by Gasteiger charge is 2.24. The second kappa shape index (κ2) is 5.52. The maximum absolute atomic E-state index is 5.12. The summed E-state index contributed by atoms with van der Waals surface area (Å²) in [4.78, 5) is 7.60. The summed E-state index contributed by atoms with van der Waals surface area (Å²) in [5.74, 6) is 1.15. The van der Waals surface area contributed by atoms with Gasteiger partial charge in [0.15, 0.2) is 5.84 Å². The minimum Gasteiger partial charge on any atom is -0.355 e. The molecule has 0 amide bonds. The third kappa shape index (κ3) is 2.15. The van der Waals surface area contributed by atoms with E-state index in [9.17, 15) is 0 Å². The molecule has 1 saturated heterocycles. The van der Waals surface area contributed by atoms with Crippen LogP contribution in [-0.2, 0) is 6.54 Å². The normalized spacial score (nSPS) is 17.2. The number of fused-ring (bicyclic) bond motifs is 4. The molecule has 2 aliphatic heterocycles. The Morgan fingerprint density at radius 2 is 1.62 bits per heavy atom. The summed E-state index contributed by atoms with van der Waals surface area (Å²) < 4.78 is 2.44. The predicted molar refractivity (Wildman–Crippen MR) is 99.1 cm³/mol. The number of rotatable bonds is 0. The second-order valence-electron chi connectivity index (χ2n) is 6.79. The van der Waals surface area contributed by atoms with Crippen LogP contribution >= 0.6 is 0 Å². The van der Waals surface area contributed by atoms with Gasteiger partial charge >= 0.3 is 0 Å². The molecule has 3 heteroatoms. The Kier molecular flexibility index (Phi) is 3.18. The standard InChI is InChI=1S/C21H21N3/c1-6-12-23(13-7-1)21-20-14-16-8-3-5-11-19(16)24(20)15-17-9-2-4-10-18(17)22-21/h2-5,8-11,14H,1,6-7,12-13,15H2. The molecule has 0 saturated carbocycles. The van der Waals surface area contributed by atoms with Gasteiger partial charge in [-0.2, -0.15) is 0 Å². The molecule has 0 N–H and O–H groups in total. The average Bonchev–Trinajstić information content (AvgIpc) is 2.91. The van der Waals surface area contributed by atoms with Crippen molar-refractivity contribution < 1.29 is 0 Å². The van der Waals surface area contributed by atoms with E-state index >= 15 is 0 Å². The number of nitrogens with zero attached hydrogens (tertiary/aromatic N) is 3. The number of likely N-dealkylation sites (tertiary alicyclic amines) is 1. The topological polar surface area (TPSA) is 20.5 Å². The van der Waals surface area contributed by atoms with Crippen LogP contribution in [0.25, 0.3) is 10.9 Å². The van der Waals surface area contributed by atoms with Crippen molar-refractivity contribution in [3.05, 3.63) is 65.9 Å². The third-order valence-corrected chi connectivity index (χ3v) is 5.24. The fourth-order valence-electron chi connectivity index (χ4n) is 4.00. The Hall–Kier alpha value is -2.55. The van der Waals surface area contributed by atoms with Crippen LogP contribution < -0.4 is 0 Å². The fourth-order valence-corrected chi connectivity index (χ4v) is 4.00. The molecule has 3 heterocycles. The molecular formula is C21H21N3. The van der Waals surface area contributed by atoms with Gasteiger partial charge in [0.2, 0.25) is 0 Å². The summed E-state index contributed by atoms with van der Waals surface area (Å²) >= 11 is 0. The van der Waals surface area contributed by atoms with Crippen LogP contribution in [0, 0.1) is 0 Å². The van der Waals surface area contributed by atoms with E-state index in [1.807, 2.05) is 0 Å². The zero-order chi connectivity index (χ0) is 15.9. The molecule has 0 spiro atoms. The fraction of sp³-hybridized carbons (Fsp3) is 0.286. The highest BCUT2D eigenvalue weighted by atomic mass is 15.2. The zero-order valence-electron chi connectivity index (χ0n) is 13.8. The first-order chi connectivity index (χ1) is 11.9. The van der Waals surface area contributed by atoms with Crippen LogP contribution in [0.5, 0.6) is 0 Å². The lowest BCUT2D eigenvalue weighted by Gasteiger charge is -2.29. The molecular weight excluding hydrogens is 294 g/mol. The van der Waals surface area contributed by atoms with Crippen LogP contribution in [0.15, 0.2) is 59.6 Å². The number of hydrogen-bond donors (Lipinski definition) is 0. The maximum atomic E-state index is 5.12. The van der Waals surface area contributed by atoms with Gasteiger partial charge in [-0.25, -0.2) is 4.99 Å². The molecule has 0 atom stereocenters. The molecule has 2 aromatic carbocycles. The van der Waals surface area contributed by atoms with Crippen molar-refractivity contribution in [3.63, 3.8) is 0 Å². The van der Waals surface area contributed by atoms with E-state index in [1.165, 1.54) is 41.4 Å². The van der Waals surface area contributed by atoms with E-state index in [-0.39, 0.29) is 0 Å². The van der Waals surface area contributed by atoms with E-state index < -0.39 is 0 Å². The molecule has 1 fully saturated rings. The van der Waals surface area contributed by atoms with Gasteiger partial charge in [-0.1, -0.05) is 36.4 Å². The summed E-state index contributed by atoms with van der Waals surface area (Å²) in [5, 5.41) is 1.30. The van der Waals surface area contributed by atoms with Crippen LogP contribution in [0.1, 0.15) is 30.5 Å². The molecule has 2 aliphatic rings.